The zero-order valence-electron chi connectivity index (χ0n) is 23.5. The SMILES string of the molecule is C=CC(C)=CCC1(C)C(C)C(OC(=O)CCC)C(O)C23C(=CC(OC)CC12)C(OC(C)=O)OC3OC(C)=O. The Morgan fingerprint density at radius 3 is 2.39 bits per heavy atom. The maximum absolute atomic E-state index is 12.8. The van der Waals surface area contributed by atoms with Crippen molar-refractivity contribution in [1.29, 1.82) is 0 Å². The molecule has 1 aliphatic heterocycles. The van der Waals surface area contributed by atoms with Crippen LogP contribution >= 0.6 is 0 Å². The van der Waals surface area contributed by atoms with Gasteiger partial charge in [-0.15, -0.1) is 0 Å². The van der Waals surface area contributed by atoms with Gasteiger partial charge in [0.1, 0.15) is 12.2 Å². The summed E-state index contributed by atoms with van der Waals surface area (Å²) in [6, 6.07) is 0. The van der Waals surface area contributed by atoms with Gasteiger partial charge in [0.15, 0.2) is 0 Å². The van der Waals surface area contributed by atoms with Crippen LogP contribution in [0.1, 0.15) is 67.2 Å². The van der Waals surface area contributed by atoms with E-state index in [1.165, 1.54) is 13.8 Å². The normalized spacial score (nSPS) is 38.4. The Balaban J connectivity index is 2.30. The van der Waals surface area contributed by atoms with Crippen molar-refractivity contribution < 1.29 is 43.2 Å². The van der Waals surface area contributed by atoms with E-state index < -0.39 is 53.5 Å². The quantitative estimate of drug-likeness (QED) is 0.203. The highest BCUT2D eigenvalue weighted by Gasteiger charge is 2.74. The van der Waals surface area contributed by atoms with Gasteiger partial charge < -0.3 is 24.1 Å². The van der Waals surface area contributed by atoms with Gasteiger partial charge in [0, 0.05) is 38.9 Å². The zero-order valence-corrected chi connectivity index (χ0v) is 23.5. The molecule has 9 nitrogen and oxygen atoms in total. The zero-order chi connectivity index (χ0) is 28.4. The molecule has 1 N–H and O–H groups in total. The van der Waals surface area contributed by atoms with Crippen molar-refractivity contribution in [3.63, 3.8) is 0 Å². The van der Waals surface area contributed by atoms with Crippen molar-refractivity contribution in [2.24, 2.45) is 22.7 Å². The summed E-state index contributed by atoms with van der Waals surface area (Å²) in [5.74, 6) is -2.30. The van der Waals surface area contributed by atoms with Crippen molar-refractivity contribution in [1.82, 2.24) is 0 Å². The van der Waals surface area contributed by atoms with E-state index in [4.69, 9.17) is 23.7 Å². The molecule has 0 aromatic carbocycles. The number of hydrogen-bond donors (Lipinski definition) is 1. The first-order chi connectivity index (χ1) is 17.9. The second kappa shape index (κ2) is 11.7. The molecule has 38 heavy (non-hydrogen) atoms. The van der Waals surface area contributed by atoms with E-state index >= 15 is 0 Å². The molecule has 0 radical (unpaired) electrons. The summed E-state index contributed by atoms with van der Waals surface area (Å²) in [4.78, 5) is 37.1. The van der Waals surface area contributed by atoms with Crippen molar-refractivity contribution in [3.8, 4) is 0 Å². The number of carbonyl (C=O) groups excluding carboxylic acids is 3. The summed E-state index contributed by atoms with van der Waals surface area (Å²) < 4.78 is 29.0. The monoisotopic (exact) mass is 534 g/mol. The standard InChI is InChI=1S/C29H42O9/c1-9-11-23(32)37-24-17(4)28(7,13-12-16(3)10-2)22-15-20(34-8)14-21-26(35-18(5)30)38-27(36-19(6)31)29(21,22)25(24)33/h10,12,14,17,20,22,24-27,33H,2,9,11,13,15H2,1,3-8H3. The Hall–Kier alpha value is -2.49. The number of methoxy groups -OCH3 is 1. The Morgan fingerprint density at radius 2 is 1.84 bits per heavy atom. The Kier molecular flexibility index (Phi) is 9.27. The molecule has 1 spiro atoms. The molecule has 0 aromatic heterocycles. The van der Waals surface area contributed by atoms with Gasteiger partial charge in [0.2, 0.25) is 12.6 Å². The summed E-state index contributed by atoms with van der Waals surface area (Å²) in [5, 5.41) is 12.2. The molecule has 0 bridgehead atoms. The fraction of sp³-hybridized carbons (Fsp3) is 0.690. The van der Waals surface area contributed by atoms with E-state index in [-0.39, 0.29) is 24.4 Å². The summed E-state index contributed by atoms with van der Waals surface area (Å²) in [5.41, 5.74) is -0.516. The number of hydrogen-bond acceptors (Lipinski definition) is 9. The molecular formula is C29H42O9. The third kappa shape index (κ3) is 5.20. The summed E-state index contributed by atoms with van der Waals surface area (Å²) in [6.07, 6.45) is 2.34. The Morgan fingerprint density at radius 1 is 1.18 bits per heavy atom. The lowest BCUT2D eigenvalue weighted by atomic mass is 9.44. The van der Waals surface area contributed by atoms with E-state index in [0.717, 1.165) is 5.57 Å². The molecule has 3 aliphatic rings. The highest BCUT2D eigenvalue weighted by Crippen LogP contribution is 2.67. The minimum Gasteiger partial charge on any atom is -0.459 e. The van der Waals surface area contributed by atoms with Crippen LogP contribution in [-0.2, 0) is 38.1 Å². The van der Waals surface area contributed by atoms with Crippen LogP contribution in [0.3, 0.4) is 0 Å². The van der Waals surface area contributed by atoms with Crippen molar-refractivity contribution >= 4 is 17.9 Å². The molecule has 1 saturated carbocycles. The van der Waals surface area contributed by atoms with Crippen LogP contribution in [0.15, 0.2) is 36.0 Å². The molecule has 2 fully saturated rings. The molecule has 0 aromatic rings. The Bertz CT molecular complexity index is 1000. The molecule has 3 rings (SSSR count). The number of rotatable bonds is 9. The van der Waals surface area contributed by atoms with E-state index in [0.29, 0.717) is 24.8 Å². The Labute approximate surface area is 225 Å². The van der Waals surface area contributed by atoms with Crippen molar-refractivity contribution in [2.45, 2.75) is 98.1 Å². The number of aliphatic hydroxyl groups is 1. The van der Waals surface area contributed by atoms with Crippen LogP contribution < -0.4 is 0 Å². The first-order valence-corrected chi connectivity index (χ1v) is 13.3. The second-order valence-electron chi connectivity index (χ2n) is 10.9. The van der Waals surface area contributed by atoms with E-state index in [1.807, 2.05) is 20.8 Å². The van der Waals surface area contributed by atoms with Crippen LogP contribution in [0, 0.1) is 22.7 Å². The molecule has 1 heterocycles. The van der Waals surface area contributed by atoms with Crippen LogP contribution in [0.5, 0.6) is 0 Å². The minimum absolute atomic E-state index is 0.201. The number of carbonyl (C=O) groups is 3. The first kappa shape index (κ1) is 30.1. The lowest BCUT2D eigenvalue weighted by Crippen LogP contribution is -2.68. The smallest absolute Gasteiger partial charge is 0.306 e. The van der Waals surface area contributed by atoms with Gasteiger partial charge in [-0.1, -0.05) is 45.1 Å². The highest BCUT2D eigenvalue weighted by atomic mass is 16.8. The maximum atomic E-state index is 12.8. The average molecular weight is 535 g/mol. The van der Waals surface area contributed by atoms with E-state index in [9.17, 15) is 19.5 Å². The second-order valence-corrected chi connectivity index (χ2v) is 10.9. The molecule has 9 unspecified atom stereocenters. The number of esters is 3. The number of allylic oxidation sites excluding steroid dienone is 3. The first-order valence-electron chi connectivity index (χ1n) is 13.3. The topological polar surface area (TPSA) is 118 Å². The third-order valence-corrected chi connectivity index (χ3v) is 8.69. The predicted molar refractivity (Wildman–Crippen MR) is 138 cm³/mol. The van der Waals surface area contributed by atoms with Crippen molar-refractivity contribution in [2.75, 3.05) is 7.11 Å². The molecular weight excluding hydrogens is 492 g/mol. The van der Waals surface area contributed by atoms with Gasteiger partial charge in [-0.3, -0.25) is 19.1 Å². The van der Waals surface area contributed by atoms with Crippen LogP contribution in [0.25, 0.3) is 0 Å². The fourth-order valence-corrected chi connectivity index (χ4v) is 6.55. The molecule has 9 atom stereocenters. The van der Waals surface area contributed by atoms with Gasteiger partial charge in [0.05, 0.1) is 11.5 Å². The van der Waals surface area contributed by atoms with Gasteiger partial charge in [-0.25, -0.2) is 0 Å². The van der Waals surface area contributed by atoms with Gasteiger partial charge >= 0.3 is 17.9 Å². The summed E-state index contributed by atoms with van der Waals surface area (Å²) in [6.45, 7) is 14.3. The third-order valence-electron chi connectivity index (χ3n) is 8.69. The minimum atomic E-state index is -1.35. The molecule has 9 heteroatoms. The largest absolute Gasteiger partial charge is 0.459 e. The van der Waals surface area contributed by atoms with Gasteiger partial charge in [0.25, 0.3) is 0 Å². The van der Waals surface area contributed by atoms with Gasteiger partial charge in [-0.2, -0.15) is 0 Å². The van der Waals surface area contributed by atoms with Crippen LogP contribution in [-0.4, -0.2) is 61.0 Å². The van der Waals surface area contributed by atoms with Crippen LogP contribution in [0.4, 0.5) is 0 Å². The number of ether oxygens (including phenoxy) is 5. The van der Waals surface area contributed by atoms with E-state index in [1.54, 1.807) is 19.3 Å². The lowest BCUT2D eigenvalue weighted by molar-refractivity contribution is -0.276. The summed E-state index contributed by atoms with van der Waals surface area (Å²) in [7, 11) is 1.59. The predicted octanol–water partition coefficient (Wildman–Crippen LogP) is 3.99. The number of aliphatic hydroxyl groups excluding tert-OH is 1. The summed E-state index contributed by atoms with van der Waals surface area (Å²) >= 11 is 0. The van der Waals surface area contributed by atoms with E-state index in [2.05, 4.69) is 19.6 Å². The maximum Gasteiger partial charge on any atom is 0.306 e. The average Bonchev–Trinajstić information content (AvgIpc) is 3.15. The van der Waals surface area contributed by atoms with Crippen LogP contribution in [0.2, 0.25) is 0 Å². The van der Waals surface area contributed by atoms with Crippen molar-refractivity contribution in [3.05, 3.63) is 36.0 Å². The highest BCUT2D eigenvalue weighted by molar-refractivity contribution is 5.70. The molecule has 2 aliphatic carbocycles. The molecule has 212 valence electrons. The molecule has 1 saturated heterocycles. The lowest BCUT2D eigenvalue weighted by Gasteiger charge is -2.62. The van der Waals surface area contributed by atoms with Gasteiger partial charge in [-0.05, 0) is 43.6 Å². The molecule has 0 amide bonds. The fourth-order valence-electron chi connectivity index (χ4n) is 6.55.